The van der Waals surface area contributed by atoms with Crippen LogP contribution >= 0.6 is 11.6 Å². The minimum absolute atomic E-state index is 0.0457. The molecule has 0 saturated carbocycles. The van der Waals surface area contributed by atoms with Gasteiger partial charge in [0.1, 0.15) is 0 Å². The molecular weight excluding hydrogens is 218 g/mol. The van der Waals surface area contributed by atoms with E-state index in [0.29, 0.717) is 19.8 Å². The molecule has 0 rings (SSSR count). The molecule has 1 unspecified atom stereocenters. The van der Waals surface area contributed by atoms with Gasteiger partial charge in [-0.05, 0) is 13.0 Å². The summed E-state index contributed by atoms with van der Waals surface area (Å²) in [5.41, 5.74) is 0. The van der Waals surface area contributed by atoms with E-state index in [1.165, 1.54) is 0 Å². The number of hydrogen-bond acceptors (Lipinski definition) is 4. The highest BCUT2D eigenvalue weighted by atomic mass is 35.5. The number of hydrogen-bond donors (Lipinski definition) is 1. The van der Waals surface area contributed by atoms with Gasteiger partial charge >= 0.3 is 0 Å². The normalized spacial score (nSPS) is 13.0. The molecule has 0 aromatic heterocycles. The first-order valence-corrected chi connectivity index (χ1v) is 5.65. The molecule has 4 nitrogen and oxygen atoms in total. The van der Waals surface area contributed by atoms with Gasteiger partial charge in [-0.15, -0.1) is 11.6 Å². The topological polar surface area (TPSA) is 39.7 Å². The molecule has 0 aromatic rings. The van der Waals surface area contributed by atoms with Crippen LogP contribution in [0.4, 0.5) is 0 Å². The van der Waals surface area contributed by atoms with Crippen molar-refractivity contribution < 1.29 is 14.2 Å². The van der Waals surface area contributed by atoms with E-state index in [9.17, 15) is 0 Å². The summed E-state index contributed by atoms with van der Waals surface area (Å²) in [6.07, 6.45) is 0.986. The molecular formula is C10H22ClNO3. The van der Waals surface area contributed by atoms with Gasteiger partial charge in [-0.2, -0.15) is 0 Å². The Morgan fingerprint density at radius 3 is 2.60 bits per heavy atom. The zero-order valence-corrected chi connectivity index (χ0v) is 10.4. The number of nitrogens with one attached hydrogen (secondary N) is 1. The molecule has 1 N–H and O–H groups in total. The first-order valence-electron chi connectivity index (χ1n) is 5.21. The van der Waals surface area contributed by atoms with Crippen LogP contribution in [-0.4, -0.2) is 59.1 Å². The van der Waals surface area contributed by atoms with Gasteiger partial charge in [0.05, 0.1) is 25.2 Å². The Morgan fingerprint density at radius 1 is 1.13 bits per heavy atom. The maximum absolute atomic E-state index is 5.93. The van der Waals surface area contributed by atoms with Crippen LogP contribution in [-0.2, 0) is 14.2 Å². The first kappa shape index (κ1) is 15.1. The maximum atomic E-state index is 5.93. The summed E-state index contributed by atoms with van der Waals surface area (Å²) >= 11 is 5.93. The fourth-order valence-electron chi connectivity index (χ4n) is 1.04. The van der Waals surface area contributed by atoms with Crippen LogP contribution < -0.4 is 5.32 Å². The van der Waals surface area contributed by atoms with Crippen LogP contribution in [0.1, 0.15) is 6.42 Å². The molecule has 0 heterocycles. The minimum atomic E-state index is 0.0457. The van der Waals surface area contributed by atoms with Crippen LogP contribution in [0, 0.1) is 0 Å². The molecule has 0 bridgehead atoms. The number of methoxy groups -OCH3 is 2. The lowest BCUT2D eigenvalue weighted by atomic mass is 10.4. The highest BCUT2D eigenvalue weighted by molar-refractivity contribution is 6.20. The third-order valence-corrected chi connectivity index (χ3v) is 2.07. The summed E-state index contributed by atoms with van der Waals surface area (Å²) in [6, 6.07) is 0. The molecule has 0 aliphatic heterocycles. The van der Waals surface area contributed by atoms with Gasteiger partial charge in [0, 0.05) is 27.4 Å². The first-order chi connectivity index (χ1) is 7.31. The highest BCUT2D eigenvalue weighted by Gasteiger charge is 2.01. The van der Waals surface area contributed by atoms with Crippen molar-refractivity contribution in [2.45, 2.75) is 11.8 Å². The minimum Gasteiger partial charge on any atom is -0.383 e. The van der Waals surface area contributed by atoms with E-state index < -0.39 is 0 Å². The Morgan fingerprint density at radius 2 is 1.93 bits per heavy atom. The van der Waals surface area contributed by atoms with Gasteiger partial charge < -0.3 is 19.5 Å². The second kappa shape index (κ2) is 12.2. The van der Waals surface area contributed by atoms with Crippen LogP contribution in [0.3, 0.4) is 0 Å². The molecule has 0 aliphatic rings. The quantitative estimate of drug-likeness (QED) is 0.429. The zero-order chi connectivity index (χ0) is 11.4. The molecule has 5 heteroatoms. The smallest absolute Gasteiger partial charge is 0.0700 e. The molecule has 0 saturated heterocycles. The molecule has 15 heavy (non-hydrogen) atoms. The molecule has 1 atom stereocenters. The van der Waals surface area contributed by atoms with Crippen molar-refractivity contribution in [2.75, 3.05) is 53.7 Å². The lowest BCUT2D eigenvalue weighted by molar-refractivity contribution is 0.0694. The summed E-state index contributed by atoms with van der Waals surface area (Å²) in [4.78, 5) is 0. The van der Waals surface area contributed by atoms with E-state index in [-0.39, 0.29) is 5.38 Å². The van der Waals surface area contributed by atoms with Crippen LogP contribution in [0.25, 0.3) is 0 Å². The van der Waals surface area contributed by atoms with Gasteiger partial charge in [-0.25, -0.2) is 0 Å². The van der Waals surface area contributed by atoms with Crippen molar-refractivity contribution in [3.8, 4) is 0 Å². The van der Waals surface area contributed by atoms with Gasteiger partial charge in [-0.1, -0.05) is 0 Å². The average molecular weight is 240 g/mol. The molecule has 92 valence electrons. The second-order valence-corrected chi connectivity index (χ2v) is 3.83. The molecule has 0 aliphatic carbocycles. The maximum Gasteiger partial charge on any atom is 0.0700 e. The third kappa shape index (κ3) is 12.1. The fraction of sp³-hybridized carbons (Fsp3) is 1.00. The Bertz CT molecular complexity index is 127. The molecule has 0 amide bonds. The summed E-state index contributed by atoms with van der Waals surface area (Å²) in [5, 5.41) is 3.28. The predicted molar refractivity (Wildman–Crippen MR) is 61.7 cm³/mol. The van der Waals surface area contributed by atoms with Crippen LogP contribution in [0.5, 0.6) is 0 Å². The second-order valence-electron chi connectivity index (χ2n) is 3.22. The van der Waals surface area contributed by atoms with Crippen molar-refractivity contribution in [1.29, 1.82) is 0 Å². The van der Waals surface area contributed by atoms with Crippen molar-refractivity contribution in [2.24, 2.45) is 0 Å². The van der Waals surface area contributed by atoms with Gasteiger partial charge in [-0.3, -0.25) is 0 Å². The van der Waals surface area contributed by atoms with Crippen molar-refractivity contribution in [1.82, 2.24) is 5.32 Å². The van der Waals surface area contributed by atoms with Crippen LogP contribution in [0.2, 0.25) is 0 Å². The number of halogens is 1. The van der Waals surface area contributed by atoms with E-state index in [1.807, 2.05) is 0 Å². The average Bonchev–Trinajstić information content (AvgIpc) is 2.22. The standard InChI is InChI=1S/C10H22ClNO3/c1-13-6-7-15-5-3-4-12-8-10(11)9-14-2/h10,12H,3-9H2,1-2H3. The lowest BCUT2D eigenvalue weighted by Gasteiger charge is -2.09. The Balaban J connectivity index is 2.98. The number of ether oxygens (including phenoxy) is 3. The van der Waals surface area contributed by atoms with E-state index >= 15 is 0 Å². The molecule has 0 radical (unpaired) electrons. The predicted octanol–water partition coefficient (Wildman–Crippen LogP) is 0.883. The third-order valence-electron chi connectivity index (χ3n) is 1.79. The van der Waals surface area contributed by atoms with Crippen molar-refractivity contribution >= 4 is 11.6 Å². The molecule has 0 fully saturated rings. The van der Waals surface area contributed by atoms with Gasteiger partial charge in [0.15, 0.2) is 0 Å². The van der Waals surface area contributed by atoms with E-state index in [0.717, 1.165) is 26.1 Å². The largest absolute Gasteiger partial charge is 0.383 e. The highest BCUT2D eigenvalue weighted by Crippen LogP contribution is 1.93. The van der Waals surface area contributed by atoms with E-state index in [1.54, 1.807) is 14.2 Å². The van der Waals surface area contributed by atoms with Crippen LogP contribution in [0.15, 0.2) is 0 Å². The van der Waals surface area contributed by atoms with Crippen molar-refractivity contribution in [3.63, 3.8) is 0 Å². The molecule has 0 spiro atoms. The number of rotatable bonds is 11. The van der Waals surface area contributed by atoms with E-state index in [4.69, 9.17) is 25.8 Å². The van der Waals surface area contributed by atoms with Gasteiger partial charge in [0.25, 0.3) is 0 Å². The molecule has 0 aromatic carbocycles. The zero-order valence-electron chi connectivity index (χ0n) is 9.63. The lowest BCUT2D eigenvalue weighted by Crippen LogP contribution is -2.27. The van der Waals surface area contributed by atoms with Gasteiger partial charge in [0.2, 0.25) is 0 Å². The number of alkyl halides is 1. The monoisotopic (exact) mass is 239 g/mol. The Kier molecular flexibility index (Phi) is 12.3. The van der Waals surface area contributed by atoms with E-state index in [2.05, 4.69) is 5.32 Å². The van der Waals surface area contributed by atoms with Crippen molar-refractivity contribution in [3.05, 3.63) is 0 Å². The summed E-state index contributed by atoms with van der Waals surface area (Å²) in [7, 11) is 3.32. The Hall–Kier alpha value is 0.130. The SMILES string of the molecule is COCCOCCCNCC(Cl)COC. The summed E-state index contributed by atoms with van der Waals surface area (Å²) in [5.74, 6) is 0. The Labute approximate surface area is 97.2 Å². The fourth-order valence-corrected chi connectivity index (χ4v) is 1.28. The summed E-state index contributed by atoms with van der Waals surface area (Å²) in [6.45, 7) is 4.35. The summed E-state index contributed by atoms with van der Waals surface area (Å²) < 4.78 is 15.1.